The standard InChI is InChI=1S/C5H3F2NS/c6-3-1-5(9)8-2-4(3)7/h1-2H,(H,8,9). The summed E-state index contributed by atoms with van der Waals surface area (Å²) in [4.78, 5) is 2.34. The fourth-order valence-electron chi connectivity index (χ4n) is 0.429. The molecule has 1 aromatic heterocycles. The molecule has 0 fully saturated rings. The SMILES string of the molecule is Fc1c[nH]c(=S)cc1F. The highest BCUT2D eigenvalue weighted by molar-refractivity contribution is 7.71. The third kappa shape index (κ3) is 1.32. The number of hydrogen-bond donors (Lipinski definition) is 1. The summed E-state index contributed by atoms with van der Waals surface area (Å²) < 4.78 is 24.4. The van der Waals surface area contributed by atoms with Gasteiger partial charge in [-0.2, -0.15) is 0 Å². The molecule has 1 heterocycles. The first-order valence-corrected chi connectivity index (χ1v) is 2.65. The highest BCUT2D eigenvalue weighted by Gasteiger charge is 1.96. The van der Waals surface area contributed by atoms with Crippen molar-refractivity contribution in [3.8, 4) is 0 Å². The first kappa shape index (κ1) is 6.35. The summed E-state index contributed by atoms with van der Waals surface area (Å²) in [5, 5.41) is 0. The van der Waals surface area contributed by atoms with Gasteiger partial charge in [0.1, 0.15) is 4.64 Å². The molecule has 9 heavy (non-hydrogen) atoms. The summed E-state index contributed by atoms with van der Waals surface area (Å²) in [6, 6.07) is 0.921. The lowest BCUT2D eigenvalue weighted by Crippen LogP contribution is -1.84. The molecular weight excluding hydrogens is 144 g/mol. The van der Waals surface area contributed by atoms with Crippen molar-refractivity contribution in [2.24, 2.45) is 0 Å². The lowest BCUT2D eigenvalue weighted by atomic mass is 10.5. The molecule has 0 bridgehead atoms. The van der Waals surface area contributed by atoms with Crippen LogP contribution in [0.2, 0.25) is 0 Å². The molecule has 0 saturated carbocycles. The highest BCUT2D eigenvalue weighted by Crippen LogP contribution is 2.01. The van der Waals surface area contributed by atoms with E-state index in [9.17, 15) is 8.78 Å². The quantitative estimate of drug-likeness (QED) is 0.555. The second kappa shape index (κ2) is 2.23. The molecule has 0 atom stereocenters. The third-order valence-corrected chi connectivity index (χ3v) is 1.06. The number of pyridine rings is 1. The van der Waals surface area contributed by atoms with Crippen LogP contribution in [0.15, 0.2) is 12.3 Å². The van der Waals surface area contributed by atoms with Crippen LogP contribution >= 0.6 is 12.2 Å². The summed E-state index contributed by atoms with van der Waals surface area (Å²) in [5.74, 6) is -1.83. The Morgan fingerprint density at radius 1 is 1.33 bits per heavy atom. The van der Waals surface area contributed by atoms with E-state index in [0.29, 0.717) is 0 Å². The Morgan fingerprint density at radius 3 is 2.44 bits per heavy atom. The van der Waals surface area contributed by atoms with E-state index < -0.39 is 11.6 Å². The number of hydrogen-bond acceptors (Lipinski definition) is 1. The van der Waals surface area contributed by atoms with E-state index in [0.717, 1.165) is 12.3 Å². The molecule has 0 saturated heterocycles. The predicted molar refractivity (Wildman–Crippen MR) is 31.5 cm³/mol. The second-order valence-electron chi connectivity index (χ2n) is 1.49. The molecule has 1 rings (SSSR count). The Bertz CT molecular complexity index is 268. The maximum Gasteiger partial charge on any atom is 0.174 e. The van der Waals surface area contributed by atoms with Crippen molar-refractivity contribution < 1.29 is 8.78 Å². The summed E-state index contributed by atoms with van der Waals surface area (Å²) in [6.07, 6.45) is 0.887. The van der Waals surface area contributed by atoms with E-state index in [1.54, 1.807) is 0 Å². The first-order valence-electron chi connectivity index (χ1n) is 2.24. The minimum atomic E-state index is -0.918. The van der Waals surface area contributed by atoms with Gasteiger partial charge >= 0.3 is 0 Å². The van der Waals surface area contributed by atoms with Gasteiger partial charge < -0.3 is 4.98 Å². The molecular formula is C5H3F2NS. The van der Waals surface area contributed by atoms with Crippen molar-refractivity contribution in [3.05, 3.63) is 28.5 Å². The molecule has 0 aromatic carbocycles. The van der Waals surface area contributed by atoms with Crippen LogP contribution in [0.25, 0.3) is 0 Å². The molecule has 0 aliphatic heterocycles. The van der Waals surface area contributed by atoms with Crippen molar-refractivity contribution in [2.45, 2.75) is 0 Å². The normalized spacial score (nSPS) is 9.56. The monoisotopic (exact) mass is 147 g/mol. The fraction of sp³-hybridized carbons (Fsp3) is 0. The van der Waals surface area contributed by atoms with Crippen LogP contribution in [0.5, 0.6) is 0 Å². The number of H-pyrrole nitrogens is 1. The third-order valence-electron chi connectivity index (χ3n) is 0.827. The van der Waals surface area contributed by atoms with Gasteiger partial charge in [-0.3, -0.25) is 0 Å². The molecule has 0 unspecified atom stereocenters. The van der Waals surface area contributed by atoms with Crippen molar-refractivity contribution in [2.75, 3.05) is 0 Å². The van der Waals surface area contributed by atoms with Gasteiger partial charge in [-0.25, -0.2) is 8.78 Å². The summed E-state index contributed by atoms with van der Waals surface area (Å²) >= 11 is 4.50. The lowest BCUT2D eigenvalue weighted by molar-refractivity contribution is 0.503. The average Bonchev–Trinajstić information content (AvgIpc) is 1.80. The predicted octanol–water partition coefficient (Wildman–Crippen LogP) is 2.02. The van der Waals surface area contributed by atoms with Crippen LogP contribution in [0, 0.1) is 16.3 Å². The van der Waals surface area contributed by atoms with Crippen molar-refractivity contribution >= 4 is 12.2 Å². The average molecular weight is 147 g/mol. The van der Waals surface area contributed by atoms with E-state index in [1.165, 1.54) is 0 Å². The fourth-order valence-corrected chi connectivity index (χ4v) is 0.592. The first-order chi connectivity index (χ1) is 4.20. The summed E-state index contributed by atoms with van der Waals surface area (Å²) in [7, 11) is 0. The summed E-state index contributed by atoms with van der Waals surface area (Å²) in [6.45, 7) is 0. The van der Waals surface area contributed by atoms with Gasteiger partial charge in [0.25, 0.3) is 0 Å². The Labute approximate surface area is 55.3 Å². The molecule has 0 spiro atoms. The molecule has 0 aliphatic carbocycles. The molecule has 1 N–H and O–H groups in total. The van der Waals surface area contributed by atoms with E-state index >= 15 is 0 Å². The Balaban J connectivity index is 3.34. The van der Waals surface area contributed by atoms with Gasteiger partial charge in [-0.1, -0.05) is 12.2 Å². The van der Waals surface area contributed by atoms with Crippen LogP contribution in [0.4, 0.5) is 8.78 Å². The number of halogens is 2. The molecule has 1 aromatic rings. The topological polar surface area (TPSA) is 15.8 Å². The molecule has 4 heteroatoms. The number of nitrogens with one attached hydrogen (secondary N) is 1. The Kier molecular flexibility index (Phi) is 1.57. The molecule has 1 nitrogen and oxygen atoms in total. The number of aromatic nitrogens is 1. The van der Waals surface area contributed by atoms with Gasteiger partial charge in [0.2, 0.25) is 0 Å². The largest absolute Gasteiger partial charge is 0.350 e. The van der Waals surface area contributed by atoms with Gasteiger partial charge in [-0.05, 0) is 0 Å². The van der Waals surface area contributed by atoms with Crippen molar-refractivity contribution in [3.63, 3.8) is 0 Å². The van der Waals surface area contributed by atoms with Gasteiger partial charge in [0.05, 0.1) is 0 Å². The van der Waals surface area contributed by atoms with Gasteiger partial charge in [-0.15, -0.1) is 0 Å². The second-order valence-corrected chi connectivity index (χ2v) is 1.93. The minimum Gasteiger partial charge on any atom is -0.350 e. The van der Waals surface area contributed by atoms with Crippen LogP contribution in [0.1, 0.15) is 0 Å². The van der Waals surface area contributed by atoms with Crippen LogP contribution in [-0.4, -0.2) is 4.98 Å². The number of aromatic amines is 1. The Hall–Kier alpha value is -0.770. The zero-order valence-electron chi connectivity index (χ0n) is 4.32. The molecule has 0 radical (unpaired) electrons. The minimum absolute atomic E-state index is 0.189. The molecule has 48 valence electrons. The maximum atomic E-state index is 12.1. The van der Waals surface area contributed by atoms with Crippen LogP contribution in [-0.2, 0) is 0 Å². The van der Waals surface area contributed by atoms with Gasteiger partial charge in [0.15, 0.2) is 11.6 Å². The lowest BCUT2D eigenvalue weighted by Gasteiger charge is -1.87. The van der Waals surface area contributed by atoms with E-state index in [-0.39, 0.29) is 4.64 Å². The summed E-state index contributed by atoms with van der Waals surface area (Å²) in [5.41, 5.74) is 0. The highest BCUT2D eigenvalue weighted by atomic mass is 32.1. The molecule has 0 aliphatic rings. The van der Waals surface area contributed by atoms with Gasteiger partial charge in [0, 0.05) is 12.3 Å². The van der Waals surface area contributed by atoms with Crippen molar-refractivity contribution in [1.29, 1.82) is 0 Å². The van der Waals surface area contributed by atoms with Crippen molar-refractivity contribution in [1.82, 2.24) is 4.98 Å². The Morgan fingerprint density at radius 2 is 2.00 bits per heavy atom. The maximum absolute atomic E-state index is 12.1. The smallest absolute Gasteiger partial charge is 0.174 e. The van der Waals surface area contributed by atoms with E-state index in [4.69, 9.17) is 0 Å². The zero-order chi connectivity index (χ0) is 6.85. The number of rotatable bonds is 0. The van der Waals surface area contributed by atoms with Crippen LogP contribution in [0.3, 0.4) is 0 Å². The van der Waals surface area contributed by atoms with E-state index in [1.807, 2.05) is 0 Å². The van der Waals surface area contributed by atoms with E-state index in [2.05, 4.69) is 17.2 Å². The molecule has 0 amide bonds. The van der Waals surface area contributed by atoms with Crippen LogP contribution < -0.4 is 0 Å². The zero-order valence-corrected chi connectivity index (χ0v) is 5.14.